The van der Waals surface area contributed by atoms with E-state index in [1.165, 1.54) is 18.1 Å². The van der Waals surface area contributed by atoms with Gasteiger partial charge in [0.15, 0.2) is 0 Å². The number of nitrogens with two attached hydrogens (primary N) is 1. The molecule has 6 heteroatoms. The van der Waals surface area contributed by atoms with Crippen LogP contribution >= 0.6 is 0 Å². The molecular weight excluding hydrogens is 438 g/mol. The van der Waals surface area contributed by atoms with Gasteiger partial charge in [-0.2, -0.15) is 0 Å². The summed E-state index contributed by atoms with van der Waals surface area (Å²) < 4.78 is 0. The van der Waals surface area contributed by atoms with Crippen molar-refractivity contribution in [2.24, 2.45) is 5.73 Å². The Morgan fingerprint density at radius 1 is 1.14 bits per heavy atom. The van der Waals surface area contributed by atoms with Crippen LogP contribution < -0.4 is 11.1 Å². The van der Waals surface area contributed by atoms with E-state index in [9.17, 15) is 9.90 Å². The summed E-state index contributed by atoms with van der Waals surface area (Å²) in [6, 6.07) is 15.9. The topological polar surface area (TPSA) is 95.7 Å². The van der Waals surface area contributed by atoms with Crippen LogP contribution in [0.1, 0.15) is 76.5 Å². The lowest BCUT2D eigenvalue weighted by molar-refractivity contribution is -0.123. The van der Waals surface area contributed by atoms with Crippen LogP contribution in [0.4, 0.5) is 0 Å². The first kappa shape index (κ1) is 32.3. The molecular formula is C29H47N3O3. The van der Waals surface area contributed by atoms with Crippen LogP contribution in [0, 0.1) is 6.92 Å². The van der Waals surface area contributed by atoms with Gasteiger partial charge < -0.3 is 21.0 Å². The predicted molar refractivity (Wildman–Crippen MR) is 147 cm³/mol. The molecule has 0 saturated carbocycles. The number of carbonyl (C=O) groups is 2. The summed E-state index contributed by atoms with van der Waals surface area (Å²) in [5, 5.41) is 13.2. The minimum atomic E-state index is 0.0373. The first-order chi connectivity index (χ1) is 16.9. The summed E-state index contributed by atoms with van der Waals surface area (Å²) in [6.45, 7) is 13.9. The van der Waals surface area contributed by atoms with E-state index in [-0.39, 0.29) is 23.6 Å². The standard InChI is InChI=1S/C25H37N3O2.C2H4O.C2H6/c1-4-9-21(5-2)27-25(30)18-28(15-14-26)17-24(20-11-8-12-22(29)16-20)23-13-7-6-10-19(23)3;1-2-3;1-2/h6-8,10-13,16,21,24,29H,4-5,9,14-15,17-18,26H2,1-3H3,(H,27,30);2H,1H3;1-2H3. The van der Waals surface area contributed by atoms with Gasteiger partial charge in [-0.1, -0.05) is 70.5 Å². The molecule has 35 heavy (non-hydrogen) atoms. The lowest BCUT2D eigenvalue weighted by Gasteiger charge is -2.29. The van der Waals surface area contributed by atoms with E-state index in [1.54, 1.807) is 6.07 Å². The molecule has 0 spiro atoms. The Bertz CT molecular complexity index is 841. The highest BCUT2D eigenvalue weighted by Crippen LogP contribution is 2.30. The maximum atomic E-state index is 12.7. The molecule has 0 aromatic heterocycles. The number of rotatable bonds is 12. The molecule has 2 atom stereocenters. The largest absolute Gasteiger partial charge is 0.508 e. The smallest absolute Gasteiger partial charge is 0.234 e. The van der Waals surface area contributed by atoms with E-state index in [4.69, 9.17) is 10.5 Å². The SMILES string of the molecule is CC.CC=O.CCCC(CC)NC(=O)CN(CCN)CC(c1cccc(O)c1)c1ccccc1C. The molecule has 4 N–H and O–H groups in total. The molecule has 196 valence electrons. The molecule has 0 aliphatic heterocycles. The highest BCUT2D eigenvalue weighted by molar-refractivity contribution is 5.78. The Balaban J connectivity index is 0.00000214. The zero-order valence-electron chi connectivity index (χ0n) is 22.6. The molecule has 1 amide bonds. The van der Waals surface area contributed by atoms with Crippen LogP contribution in [0.25, 0.3) is 0 Å². The molecule has 0 bridgehead atoms. The number of amides is 1. The minimum Gasteiger partial charge on any atom is -0.508 e. The number of carbonyl (C=O) groups excluding carboxylic acids is 2. The molecule has 6 nitrogen and oxygen atoms in total. The van der Waals surface area contributed by atoms with Crippen molar-refractivity contribution in [2.75, 3.05) is 26.2 Å². The second-order valence-electron chi connectivity index (χ2n) is 8.23. The molecule has 0 radical (unpaired) electrons. The number of nitrogens with zero attached hydrogens (tertiary/aromatic N) is 1. The number of hydrogen-bond acceptors (Lipinski definition) is 5. The average Bonchev–Trinajstić information content (AvgIpc) is 2.84. The van der Waals surface area contributed by atoms with Crippen LogP contribution in [-0.2, 0) is 9.59 Å². The molecule has 2 unspecified atom stereocenters. The van der Waals surface area contributed by atoms with Gasteiger partial charge >= 0.3 is 0 Å². The van der Waals surface area contributed by atoms with E-state index in [0.717, 1.165) is 31.1 Å². The molecule has 2 aromatic rings. The summed E-state index contributed by atoms with van der Waals surface area (Å²) in [4.78, 5) is 23.6. The molecule has 0 saturated heterocycles. The number of aryl methyl sites for hydroxylation is 1. The minimum absolute atomic E-state index is 0.0373. The van der Waals surface area contributed by atoms with Crippen molar-refractivity contribution >= 4 is 12.2 Å². The summed E-state index contributed by atoms with van der Waals surface area (Å²) in [5.74, 6) is 0.331. The summed E-state index contributed by atoms with van der Waals surface area (Å²) in [7, 11) is 0. The Morgan fingerprint density at radius 2 is 1.80 bits per heavy atom. The van der Waals surface area contributed by atoms with E-state index in [2.05, 4.69) is 43.1 Å². The van der Waals surface area contributed by atoms with Crippen molar-refractivity contribution in [1.29, 1.82) is 0 Å². The summed E-state index contributed by atoms with van der Waals surface area (Å²) in [5.41, 5.74) is 9.29. The van der Waals surface area contributed by atoms with Crippen molar-refractivity contribution in [2.45, 2.75) is 72.8 Å². The third kappa shape index (κ3) is 12.5. The van der Waals surface area contributed by atoms with E-state index in [1.807, 2.05) is 44.2 Å². The summed E-state index contributed by atoms with van der Waals surface area (Å²) in [6.07, 6.45) is 3.73. The number of phenolic OH excluding ortho intramolecular Hbond substituents is 1. The Hall–Kier alpha value is -2.70. The maximum absolute atomic E-state index is 12.7. The molecule has 0 fully saturated rings. The van der Waals surface area contributed by atoms with Gasteiger partial charge in [-0.25, -0.2) is 0 Å². The van der Waals surface area contributed by atoms with Gasteiger partial charge in [0.05, 0.1) is 6.54 Å². The first-order valence-electron chi connectivity index (χ1n) is 12.9. The van der Waals surface area contributed by atoms with Crippen molar-refractivity contribution in [3.63, 3.8) is 0 Å². The number of hydrogen-bond donors (Lipinski definition) is 3. The van der Waals surface area contributed by atoms with Crippen LogP contribution in [0.15, 0.2) is 48.5 Å². The van der Waals surface area contributed by atoms with E-state index in [0.29, 0.717) is 26.2 Å². The number of aldehydes is 1. The third-order valence-electron chi connectivity index (χ3n) is 5.58. The molecule has 0 heterocycles. The fraction of sp³-hybridized carbons (Fsp3) is 0.517. The van der Waals surface area contributed by atoms with Gasteiger partial charge in [-0.15, -0.1) is 0 Å². The zero-order chi connectivity index (χ0) is 26.6. The van der Waals surface area contributed by atoms with Crippen molar-refractivity contribution < 1.29 is 14.7 Å². The lowest BCUT2D eigenvalue weighted by Crippen LogP contribution is -2.44. The fourth-order valence-corrected chi connectivity index (χ4v) is 3.98. The number of phenols is 1. The van der Waals surface area contributed by atoms with Gasteiger partial charge in [0.1, 0.15) is 12.0 Å². The Kier molecular flexibility index (Phi) is 18.1. The maximum Gasteiger partial charge on any atom is 0.234 e. The lowest BCUT2D eigenvalue weighted by atomic mass is 9.88. The first-order valence-corrected chi connectivity index (χ1v) is 12.9. The van der Waals surface area contributed by atoms with Gasteiger partial charge in [-0.3, -0.25) is 9.69 Å². The van der Waals surface area contributed by atoms with Gasteiger partial charge in [0, 0.05) is 31.6 Å². The van der Waals surface area contributed by atoms with Gasteiger partial charge in [0.25, 0.3) is 0 Å². The van der Waals surface area contributed by atoms with Crippen LogP contribution in [-0.4, -0.2) is 54.4 Å². The van der Waals surface area contributed by atoms with Crippen LogP contribution in [0.2, 0.25) is 0 Å². The summed E-state index contributed by atoms with van der Waals surface area (Å²) >= 11 is 0. The molecule has 0 aliphatic carbocycles. The molecule has 2 aromatic carbocycles. The predicted octanol–water partition coefficient (Wildman–Crippen LogP) is 5.02. The van der Waals surface area contributed by atoms with Gasteiger partial charge in [-0.05, 0) is 55.5 Å². The number of benzene rings is 2. The van der Waals surface area contributed by atoms with Crippen molar-refractivity contribution in [3.05, 3.63) is 65.2 Å². The van der Waals surface area contributed by atoms with E-state index >= 15 is 0 Å². The molecule has 0 aliphatic rings. The van der Waals surface area contributed by atoms with Crippen LogP contribution in [0.3, 0.4) is 0 Å². The quantitative estimate of drug-likeness (QED) is 0.367. The third-order valence-corrected chi connectivity index (χ3v) is 5.58. The number of aromatic hydroxyl groups is 1. The highest BCUT2D eigenvalue weighted by atomic mass is 16.3. The normalized spacial score (nSPS) is 11.9. The second-order valence-corrected chi connectivity index (χ2v) is 8.23. The second kappa shape index (κ2) is 19.6. The highest BCUT2D eigenvalue weighted by Gasteiger charge is 2.22. The molecule has 2 rings (SSSR count). The monoisotopic (exact) mass is 485 g/mol. The van der Waals surface area contributed by atoms with Gasteiger partial charge in [0.2, 0.25) is 5.91 Å². The van der Waals surface area contributed by atoms with Crippen molar-refractivity contribution in [1.82, 2.24) is 10.2 Å². The fourth-order valence-electron chi connectivity index (χ4n) is 3.98. The van der Waals surface area contributed by atoms with Crippen molar-refractivity contribution in [3.8, 4) is 5.75 Å². The average molecular weight is 486 g/mol. The number of nitrogens with one attached hydrogen (secondary N) is 1. The van der Waals surface area contributed by atoms with E-state index < -0.39 is 0 Å². The Morgan fingerprint density at radius 3 is 2.34 bits per heavy atom. The van der Waals surface area contributed by atoms with Crippen LogP contribution in [0.5, 0.6) is 5.75 Å². The Labute approximate surface area is 212 Å². The zero-order valence-corrected chi connectivity index (χ0v) is 22.6.